The topological polar surface area (TPSA) is 88.4 Å². The average molecular weight is 338 g/mol. The molecule has 0 spiro atoms. The van der Waals surface area contributed by atoms with Crippen LogP contribution in [0.1, 0.15) is 6.42 Å². The summed E-state index contributed by atoms with van der Waals surface area (Å²) in [4.78, 5) is 14.4. The molecule has 0 unspecified atom stereocenters. The van der Waals surface area contributed by atoms with Crippen molar-refractivity contribution in [1.29, 1.82) is 5.26 Å². The van der Waals surface area contributed by atoms with E-state index in [0.717, 1.165) is 13.0 Å². The Kier molecular flexibility index (Phi) is 6.38. The van der Waals surface area contributed by atoms with Crippen LogP contribution in [0.5, 0.6) is 5.75 Å². The molecule has 130 valence electrons. The van der Waals surface area contributed by atoms with Crippen LogP contribution in [0, 0.1) is 11.3 Å². The Hall–Kier alpha value is -3.04. The number of rotatable bonds is 7. The van der Waals surface area contributed by atoms with Gasteiger partial charge in [-0.05, 0) is 39.2 Å². The minimum atomic E-state index is -0.488. The van der Waals surface area contributed by atoms with Gasteiger partial charge in [-0.2, -0.15) is 5.26 Å². The van der Waals surface area contributed by atoms with Crippen molar-refractivity contribution in [2.45, 2.75) is 6.42 Å². The maximum atomic E-state index is 12.3. The van der Waals surface area contributed by atoms with E-state index in [1.165, 1.54) is 6.20 Å². The molecule has 1 amide bonds. The molecule has 0 aliphatic heterocycles. The molecule has 0 saturated carbocycles. The molecule has 25 heavy (non-hydrogen) atoms. The third-order valence-electron chi connectivity index (χ3n) is 3.69. The number of phenols is 1. The Morgan fingerprint density at radius 1 is 1.24 bits per heavy atom. The van der Waals surface area contributed by atoms with E-state index in [-0.39, 0.29) is 11.3 Å². The van der Waals surface area contributed by atoms with E-state index in [1.54, 1.807) is 36.4 Å². The van der Waals surface area contributed by atoms with Gasteiger partial charge in [0.25, 0.3) is 5.91 Å². The van der Waals surface area contributed by atoms with Crippen molar-refractivity contribution in [3.8, 4) is 11.8 Å². The molecule has 0 aliphatic carbocycles. The standard InChI is InChI=1S/C19H22N4O2/c1-23(2)11-5-10-21-13-14(12-20)19(25)22-17-8-3-7-16-15(17)6-4-9-18(16)24/h3-4,6-9,13,21,24H,5,10-11H2,1-2H3,(H,22,25)/b14-13-. The largest absolute Gasteiger partial charge is 0.507 e. The van der Waals surface area contributed by atoms with Gasteiger partial charge in [0.1, 0.15) is 17.4 Å². The lowest BCUT2D eigenvalue weighted by Crippen LogP contribution is -2.20. The van der Waals surface area contributed by atoms with Crippen LogP contribution >= 0.6 is 0 Å². The summed E-state index contributed by atoms with van der Waals surface area (Å²) in [6.07, 6.45) is 2.35. The number of fused-ring (bicyclic) bond motifs is 1. The normalized spacial score (nSPS) is 11.4. The predicted octanol–water partition coefficient (Wildman–Crippen LogP) is 2.43. The van der Waals surface area contributed by atoms with Crippen LogP contribution in [0.15, 0.2) is 48.2 Å². The third-order valence-corrected chi connectivity index (χ3v) is 3.69. The minimum Gasteiger partial charge on any atom is -0.507 e. The molecular formula is C19H22N4O2. The highest BCUT2D eigenvalue weighted by molar-refractivity contribution is 6.11. The number of benzene rings is 2. The van der Waals surface area contributed by atoms with Crippen molar-refractivity contribution in [2.24, 2.45) is 0 Å². The van der Waals surface area contributed by atoms with Gasteiger partial charge >= 0.3 is 0 Å². The van der Waals surface area contributed by atoms with Crippen molar-refractivity contribution in [1.82, 2.24) is 10.2 Å². The molecule has 0 heterocycles. The van der Waals surface area contributed by atoms with Crippen molar-refractivity contribution < 1.29 is 9.90 Å². The highest BCUT2D eigenvalue weighted by Crippen LogP contribution is 2.29. The fourth-order valence-electron chi connectivity index (χ4n) is 2.41. The van der Waals surface area contributed by atoms with Crippen LogP contribution in [-0.2, 0) is 4.79 Å². The molecule has 2 aromatic rings. The summed E-state index contributed by atoms with van der Waals surface area (Å²) in [5.41, 5.74) is 0.550. The lowest BCUT2D eigenvalue weighted by molar-refractivity contribution is -0.112. The first-order valence-electron chi connectivity index (χ1n) is 8.03. The number of anilines is 1. The number of nitrogens with one attached hydrogen (secondary N) is 2. The molecular weight excluding hydrogens is 316 g/mol. The lowest BCUT2D eigenvalue weighted by atomic mass is 10.1. The molecule has 0 bridgehead atoms. The number of carbonyl (C=O) groups is 1. The smallest absolute Gasteiger partial charge is 0.267 e. The number of nitrogens with zero attached hydrogens (tertiary/aromatic N) is 2. The van der Waals surface area contributed by atoms with Crippen molar-refractivity contribution in [3.05, 3.63) is 48.2 Å². The SMILES string of the molecule is CN(C)CCCN/C=C(/C#N)C(=O)Nc1cccc2c(O)cccc12. The molecule has 0 aromatic heterocycles. The first-order chi connectivity index (χ1) is 12.0. The zero-order valence-electron chi connectivity index (χ0n) is 14.4. The van der Waals surface area contributed by atoms with E-state index in [1.807, 2.05) is 20.2 Å². The van der Waals surface area contributed by atoms with Crippen molar-refractivity contribution >= 4 is 22.4 Å². The van der Waals surface area contributed by atoms with Crippen LogP contribution < -0.4 is 10.6 Å². The van der Waals surface area contributed by atoms with Crippen molar-refractivity contribution in [3.63, 3.8) is 0 Å². The molecule has 6 heteroatoms. The van der Waals surface area contributed by atoms with Crippen LogP contribution in [0.3, 0.4) is 0 Å². The first-order valence-corrected chi connectivity index (χ1v) is 8.03. The molecule has 2 rings (SSSR count). The molecule has 0 atom stereocenters. The molecule has 0 saturated heterocycles. The summed E-state index contributed by atoms with van der Waals surface area (Å²) >= 11 is 0. The second-order valence-electron chi connectivity index (χ2n) is 5.91. The van der Waals surface area contributed by atoms with Gasteiger partial charge in [0.15, 0.2) is 0 Å². The van der Waals surface area contributed by atoms with Gasteiger partial charge in [0.05, 0.1) is 0 Å². The van der Waals surface area contributed by atoms with Crippen LogP contribution in [0.2, 0.25) is 0 Å². The van der Waals surface area contributed by atoms with E-state index >= 15 is 0 Å². The van der Waals surface area contributed by atoms with Crippen LogP contribution in [-0.4, -0.2) is 43.1 Å². The van der Waals surface area contributed by atoms with Gasteiger partial charge in [0, 0.05) is 29.2 Å². The van der Waals surface area contributed by atoms with Gasteiger partial charge in [-0.3, -0.25) is 4.79 Å². The van der Waals surface area contributed by atoms with E-state index in [9.17, 15) is 15.2 Å². The summed E-state index contributed by atoms with van der Waals surface area (Å²) in [5.74, 6) is -0.342. The minimum absolute atomic E-state index is 0.00186. The molecule has 0 radical (unpaired) electrons. The molecule has 6 nitrogen and oxygen atoms in total. The monoisotopic (exact) mass is 338 g/mol. The fourth-order valence-corrected chi connectivity index (χ4v) is 2.41. The Balaban J connectivity index is 2.07. The maximum absolute atomic E-state index is 12.3. The highest BCUT2D eigenvalue weighted by atomic mass is 16.3. The van der Waals surface area contributed by atoms with Gasteiger partial charge in [-0.15, -0.1) is 0 Å². The van der Waals surface area contributed by atoms with E-state index < -0.39 is 5.91 Å². The Labute approximate surface area is 147 Å². The van der Waals surface area contributed by atoms with Gasteiger partial charge in [-0.1, -0.05) is 24.3 Å². The number of phenolic OH excluding ortho intramolecular Hbond substituents is 1. The quantitative estimate of drug-likeness (QED) is 0.410. The molecule has 3 N–H and O–H groups in total. The average Bonchev–Trinajstić information content (AvgIpc) is 2.58. The molecule has 0 fully saturated rings. The summed E-state index contributed by atoms with van der Waals surface area (Å²) in [6.45, 7) is 1.60. The second kappa shape index (κ2) is 8.71. The zero-order chi connectivity index (χ0) is 18.2. The van der Waals surface area contributed by atoms with E-state index in [2.05, 4.69) is 15.5 Å². The summed E-state index contributed by atoms with van der Waals surface area (Å²) < 4.78 is 0. The number of nitriles is 1. The number of aromatic hydroxyl groups is 1. The zero-order valence-corrected chi connectivity index (χ0v) is 14.4. The lowest BCUT2D eigenvalue weighted by Gasteiger charge is -2.10. The third kappa shape index (κ3) is 4.96. The summed E-state index contributed by atoms with van der Waals surface area (Å²) in [7, 11) is 3.98. The van der Waals surface area contributed by atoms with Gasteiger partial charge in [0.2, 0.25) is 0 Å². The number of carbonyl (C=O) groups excluding carboxylic acids is 1. The highest BCUT2D eigenvalue weighted by Gasteiger charge is 2.11. The Bertz CT molecular complexity index is 822. The Morgan fingerprint density at radius 3 is 2.68 bits per heavy atom. The van der Waals surface area contributed by atoms with Gasteiger partial charge in [-0.25, -0.2) is 0 Å². The number of hydrogen-bond donors (Lipinski definition) is 3. The number of amides is 1. The number of hydrogen-bond acceptors (Lipinski definition) is 5. The van der Waals surface area contributed by atoms with Crippen LogP contribution in [0.4, 0.5) is 5.69 Å². The Morgan fingerprint density at radius 2 is 1.96 bits per heavy atom. The predicted molar refractivity (Wildman–Crippen MR) is 99.1 cm³/mol. The molecule has 0 aliphatic rings. The fraction of sp³-hybridized carbons (Fsp3) is 0.263. The second-order valence-corrected chi connectivity index (χ2v) is 5.91. The first kappa shape index (κ1) is 18.3. The summed E-state index contributed by atoms with van der Waals surface area (Å²) in [6, 6.07) is 12.3. The maximum Gasteiger partial charge on any atom is 0.267 e. The van der Waals surface area contributed by atoms with Gasteiger partial charge < -0.3 is 20.6 Å². The van der Waals surface area contributed by atoms with E-state index in [0.29, 0.717) is 23.0 Å². The molecule has 2 aromatic carbocycles. The van der Waals surface area contributed by atoms with Crippen LogP contribution in [0.25, 0.3) is 10.8 Å². The van der Waals surface area contributed by atoms with E-state index in [4.69, 9.17) is 0 Å². The summed E-state index contributed by atoms with van der Waals surface area (Å²) in [5, 5.41) is 26.2. The van der Waals surface area contributed by atoms with Crippen molar-refractivity contribution in [2.75, 3.05) is 32.5 Å².